The van der Waals surface area contributed by atoms with E-state index < -0.39 is 9.84 Å². The molecule has 2 N–H and O–H groups in total. The van der Waals surface area contributed by atoms with Gasteiger partial charge >= 0.3 is 0 Å². The van der Waals surface area contributed by atoms with Gasteiger partial charge in [-0.15, -0.1) is 0 Å². The molecule has 3 aromatic rings. The largest absolute Gasteiger partial charge is 0.508 e. The lowest BCUT2D eigenvalue weighted by atomic mass is 10.0. The molecule has 0 aliphatic heterocycles. The molecule has 146 valence electrons. The maximum absolute atomic E-state index is 12.8. The molecule has 6 nitrogen and oxygen atoms in total. The Hall–Kier alpha value is -3.06. The van der Waals surface area contributed by atoms with Gasteiger partial charge in [-0.3, -0.25) is 4.79 Å². The first-order chi connectivity index (χ1) is 13.1. The quantitative estimate of drug-likeness (QED) is 0.702. The van der Waals surface area contributed by atoms with E-state index in [-0.39, 0.29) is 16.6 Å². The predicted octanol–water partition coefficient (Wildman–Crippen LogP) is 3.67. The van der Waals surface area contributed by atoms with E-state index in [1.54, 1.807) is 30.5 Å². The molecule has 0 fully saturated rings. The number of phenols is 1. The lowest BCUT2D eigenvalue weighted by molar-refractivity contribution is 0.102. The maximum atomic E-state index is 12.8. The summed E-state index contributed by atoms with van der Waals surface area (Å²) in [5, 5.41) is 12.4. The van der Waals surface area contributed by atoms with E-state index in [1.165, 1.54) is 12.1 Å². The van der Waals surface area contributed by atoms with Crippen LogP contribution in [-0.2, 0) is 16.9 Å². The van der Waals surface area contributed by atoms with E-state index in [2.05, 4.69) is 5.32 Å². The number of nitrogens with one attached hydrogen (secondary N) is 1. The monoisotopic (exact) mass is 398 g/mol. The van der Waals surface area contributed by atoms with Gasteiger partial charge in [-0.1, -0.05) is 0 Å². The number of hydrogen-bond acceptors (Lipinski definition) is 4. The van der Waals surface area contributed by atoms with Gasteiger partial charge in [0.25, 0.3) is 5.91 Å². The predicted molar refractivity (Wildman–Crippen MR) is 109 cm³/mol. The SMILES string of the molecule is Cc1cc(O)ccc1-c1c(C)c(C(=O)Nc2ccc(S(C)(=O)=O)cc2)cn1C. The number of carbonyl (C=O) groups excluding carboxylic acids is 1. The summed E-state index contributed by atoms with van der Waals surface area (Å²) in [5.74, 6) is -0.0773. The Labute approximate surface area is 164 Å². The van der Waals surface area contributed by atoms with E-state index in [9.17, 15) is 18.3 Å². The van der Waals surface area contributed by atoms with Gasteiger partial charge < -0.3 is 15.0 Å². The van der Waals surface area contributed by atoms with Crippen molar-refractivity contribution in [3.8, 4) is 17.0 Å². The fourth-order valence-corrected chi connectivity index (χ4v) is 3.90. The van der Waals surface area contributed by atoms with Crippen LogP contribution < -0.4 is 5.32 Å². The van der Waals surface area contributed by atoms with Crippen molar-refractivity contribution in [3.05, 3.63) is 65.4 Å². The number of phenolic OH excluding ortho intramolecular Hbond substituents is 1. The molecule has 0 unspecified atom stereocenters. The van der Waals surface area contributed by atoms with Crippen molar-refractivity contribution < 1.29 is 18.3 Å². The molecular weight excluding hydrogens is 376 g/mol. The first-order valence-corrected chi connectivity index (χ1v) is 10.5. The number of anilines is 1. The summed E-state index contributed by atoms with van der Waals surface area (Å²) in [4.78, 5) is 13.0. The second kappa shape index (κ2) is 7.16. The average molecular weight is 398 g/mol. The van der Waals surface area contributed by atoms with Crippen LogP contribution in [0.25, 0.3) is 11.3 Å². The molecule has 0 saturated heterocycles. The van der Waals surface area contributed by atoms with Crippen LogP contribution in [0, 0.1) is 13.8 Å². The van der Waals surface area contributed by atoms with Crippen LogP contribution in [0.2, 0.25) is 0 Å². The Bertz CT molecular complexity index is 1160. The van der Waals surface area contributed by atoms with Crippen LogP contribution in [0.1, 0.15) is 21.5 Å². The number of amides is 1. The van der Waals surface area contributed by atoms with Gasteiger partial charge in [0.15, 0.2) is 9.84 Å². The van der Waals surface area contributed by atoms with Crippen molar-refractivity contribution >= 4 is 21.4 Å². The third-order valence-corrected chi connectivity index (χ3v) is 5.81. The highest BCUT2D eigenvalue weighted by atomic mass is 32.2. The molecule has 0 spiro atoms. The molecule has 0 aliphatic rings. The van der Waals surface area contributed by atoms with Crippen molar-refractivity contribution in [2.45, 2.75) is 18.7 Å². The van der Waals surface area contributed by atoms with E-state index in [0.29, 0.717) is 11.3 Å². The van der Waals surface area contributed by atoms with Crippen molar-refractivity contribution in [2.24, 2.45) is 7.05 Å². The molecule has 2 aromatic carbocycles. The van der Waals surface area contributed by atoms with Crippen molar-refractivity contribution in [1.29, 1.82) is 0 Å². The number of aromatic hydroxyl groups is 1. The van der Waals surface area contributed by atoms with Gasteiger partial charge in [0.05, 0.1) is 16.2 Å². The number of aromatic nitrogens is 1. The molecule has 0 radical (unpaired) electrons. The molecule has 1 heterocycles. The molecular formula is C21H22N2O4S. The Morgan fingerprint density at radius 3 is 2.29 bits per heavy atom. The fraction of sp³-hybridized carbons (Fsp3) is 0.190. The molecule has 28 heavy (non-hydrogen) atoms. The zero-order valence-electron chi connectivity index (χ0n) is 16.1. The molecule has 0 bridgehead atoms. The molecule has 0 saturated carbocycles. The molecule has 3 rings (SSSR count). The van der Waals surface area contributed by atoms with Crippen LogP contribution in [0.3, 0.4) is 0 Å². The van der Waals surface area contributed by atoms with Gasteiger partial charge in [-0.2, -0.15) is 0 Å². The second-order valence-corrected chi connectivity index (χ2v) is 8.89. The highest BCUT2D eigenvalue weighted by Gasteiger charge is 2.19. The second-order valence-electron chi connectivity index (χ2n) is 6.88. The molecule has 1 aromatic heterocycles. The minimum atomic E-state index is -3.28. The summed E-state index contributed by atoms with van der Waals surface area (Å²) in [6.45, 7) is 3.79. The van der Waals surface area contributed by atoms with Crippen LogP contribution >= 0.6 is 0 Å². The summed E-state index contributed by atoms with van der Waals surface area (Å²) in [7, 11) is -1.41. The third-order valence-electron chi connectivity index (χ3n) is 4.68. The van der Waals surface area contributed by atoms with E-state index in [1.807, 2.05) is 31.5 Å². The number of benzene rings is 2. The smallest absolute Gasteiger partial charge is 0.257 e. The Balaban J connectivity index is 1.91. The Kier molecular flexibility index (Phi) is 5.04. The summed E-state index contributed by atoms with van der Waals surface area (Å²) in [5.41, 5.74) is 4.61. The number of sulfone groups is 1. The topological polar surface area (TPSA) is 88.4 Å². The number of hydrogen-bond donors (Lipinski definition) is 2. The van der Waals surface area contributed by atoms with Gasteiger partial charge in [-0.25, -0.2) is 8.42 Å². The molecule has 1 amide bonds. The van der Waals surface area contributed by atoms with Gasteiger partial charge in [0, 0.05) is 30.8 Å². The van der Waals surface area contributed by atoms with Crippen molar-refractivity contribution in [3.63, 3.8) is 0 Å². The first-order valence-electron chi connectivity index (χ1n) is 8.65. The summed E-state index contributed by atoms with van der Waals surface area (Å²) in [6, 6.07) is 11.2. The highest BCUT2D eigenvalue weighted by Crippen LogP contribution is 2.31. The van der Waals surface area contributed by atoms with Crippen LogP contribution in [-0.4, -0.2) is 30.3 Å². The van der Waals surface area contributed by atoms with Gasteiger partial charge in [0.2, 0.25) is 0 Å². The number of rotatable bonds is 4. The number of nitrogens with zero attached hydrogens (tertiary/aromatic N) is 1. The van der Waals surface area contributed by atoms with Crippen LogP contribution in [0.4, 0.5) is 5.69 Å². The zero-order valence-corrected chi connectivity index (χ0v) is 17.0. The van der Waals surface area contributed by atoms with Crippen LogP contribution in [0.5, 0.6) is 5.75 Å². The van der Waals surface area contributed by atoms with Crippen LogP contribution in [0.15, 0.2) is 53.6 Å². The zero-order chi connectivity index (χ0) is 20.6. The summed E-state index contributed by atoms with van der Waals surface area (Å²) in [6.07, 6.45) is 2.90. The van der Waals surface area contributed by atoms with E-state index >= 15 is 0 Å². The minimum absolute atomic E-state index is 0.198. The highest BCUT2D eigenvalue weighted by molar-refractivity contribution is 7.90. The summed E-state index contributed by atoms with van der Waals surface area (Å²) >= 11 is 0. The lowest BCUT2D eigenvalue weighted by Crippen LogP contribution is -2.12. The third kappa shape index (κ3) is 3.80. The minimum Gasteiger partial charge on any atom is -0.508 e. The molecule has 7 heteroatoms. The number of carbonyl (C=O) groups is 1. The van der Waals surface area contributed by atoms with Crippen molar-refractivity contribution in [2.75, 3.05) is 11.6 Å². The van der Waals surface area contributed by atoms with Gasteiger partial charge in [-0.05, 0) is 67.4 Å². The average Bonchev–Trinajstić information content (AvgIpc) is 2.90. The van der Waals surface area contributed by atoms with Crippen molar-refractivity contribution in [1.82, 2.24) is 4.57 Å². The Morgan fingerprint density at radius 2 is 1.71 bits per heavy atom. The summed E-state index contributed by atoms with van der Waals surface area (Å²) < 4.78 is 25.0. The van der Waals surface area contributed by atoms with E-state index in [4.69, 9.17) is 0 Å². The standard InChI is InChI=1S/C21H22N2O4S/c1-13-11-16(24)7-10-18(13)20-14(2)19(12-23(20)3)21(25)22-15-5-8-17(9-6-15)28(4,26)27/h5-12,24H,1-4H3,(H,22,25). The number of aryl methyl sites for hydroxylation is 2. The normalized spacial score (nSPS) is 11.4. The maximum Gasteiger partial charge on any atom is 0.257 e. The molecule has 0 atom stereocenters. The lowest BCUT2D eigenvalue weighted by Gasteiger charge is -2.10. The van der Waals surface area contributed by atoms with Gasteiger partial charge in [0.1, 0.15) is 5.75 Å². The first kappa shape index (κ1) is 19.7. The fourth-order valence-electron chi connectivity index (χ4n) is 3.27. The molecule has 0 aliphatic carbocycles. The van der Waals surface area contributed by atoms with E-state index in [0.717, 1.165) is 28.6 Å². The Morgan fingerprint density at radius 1 is 1.07 bits per heavy atom.